The zero-order chi connectivity index (χ0) is 9.07. The molecule has 0 spiro atoms. The van der Waals surface area contributed by atoms with E-state index in [0.29, 0.717) is 0 Å². The van der Waals surface area contributed by atoms with E-state index in [-0.39, 0.29) is 0 Å². The van der Waals surface area contributed by atoms with Gasteiger partial charge in [-0.15, -0.1) is 0 Å². The fourth-order valence-electron chi connectivity index (χ4n) is 1.25. The van der Waals surface area contributed by atoms with Gasteiger partial charge in [-0.05, 0) is 19.3 Å². The average molecular weight is 168 g/mol. The van der Waals surface area contributed by atoms with E-state index >= 15 is 0 Å². The van der Waals surface area contributed by atoms with Crippen LogP contribution in [0.3, 0.4) is 0 Å². The molecular formula is C12H24. The van der Waals surface area contributed by atoms with E-state index in [1.807, 2.05) is 0 Å². The topological polar surface area (TPSA) is 0 Å². The third-order valence-corrected chi connectivity index (χ3v) is 2.12. The van der Waals surface area contributed by atoms with Crippen LogP contribution < -0.4 is 0 Å². The smallest absolute Gasteiger partial charge is 0.0351 e. The third kappa shape index (κ3) is 9.74. The fourth-order valence-corrected chi connectivity index (χ4v) is 1.25. The molecule has 0 saturated heterocycles. The van der Waals surface area contributed by atoms with E-state index in [0.717, 1.165) is 0 Å². The molecule has 0 aliphatic heterocycles. The first-order valence-electron chi connectivity index (χ1n) is 5.56. The van der Waals surface area contributed by atoms with Gasteiger partial charge in [-0.3, -0.25) is 0 Å². The Balaban J connectivity index is 2.92. The Morgan fingerprint density at radius 1 is 0.667 bits per heavy atom. The summed E-state index contributed by atoms with van der Waals surface area (Å²) in [4.78, 5) is 0. The van der Waals surface area contributed by atoms with Crippen molar-refractivity contribution >= 4 is 0 Å². The highest BCUT2D eigenvalue weighted by Crippen LogP contribution is 2.04. The van der Waals surface area contributed by atoms with Crippen molar-refractivity contribution in [1.29, 1.82) is 0 Å². The van der Waals surface area contributed by atoms with Crippen molar-refractivity contribution in [1.82, 2.24) is 0 Å². The van der Waals surface area contributed by atoms with Gasteiger partial charge in [0.2, 0.25) is 0 Å². The molecule has 0 bridgehead atoms. The van der Waals surface area contributed by atoms with Crippen LogP contribution in [0.4, 0.5) is 0 Å². The van der Waals surface area contributed by atoms with E-state index < -0.39 is 0 Å². The van der Waals surface area contributed by atoms with Gasteiger partial charge in [0.1, 0.15) is 0 Å². The highest BCUT2D eigenvalue weighted by Gasteiger charge is 1.84. The maximum atomic E-state index is 2.35. The van der Waals surface area contributed by atoms with Crippen molar-refractivity contribution in [2.75, 3.05) is 0 Å². The quantitative estimate of drug-likeness (QED) is 0.364. The fraction of sp³-hybridized carbons (Fsp3) is 0.833. The normalized spacial score (nSPS) is 11.2. The monoisotopic (exact) mass is 168 g/mol. The minimum Gasteiger partial charge on any atom is -0.0885 e. The number of hydrogen-bond donors (Lipinski definition) is 0. The molecule has 0 aromatic carbocycles. The lowest BCUT2D eigenvalue weighted by atomic mass is 10.1. The van der Waals surface area contributed by atoms with Crippen molar-refractivity contribution < 1.29 is 0 Å². The Kier molecular flexibility index (Phi) is 10.5. The maximum Gasteiger partial charge on any atom is -0.0351 e. The molecule has 0 fully saturated rings. The Morgan fingerprint density at radius 3 is 1.83 bits per heavy atom. The van der Waals surface area contributed by atoms with Crippen LogP contribution in [0.2, 0.25) is 0 Å². The van der Waals surface area contributed by atoms with Gasteiger partial charge in [0.25, 0.3) is 0 Å². The van der Waals surface area contributed by atoms with Crippen LogP contribution in [-0.2, 0) is 0 Å². The minimum atomic E-state index is 1.28. The summed E-state index contributed by atoms with van der Waals surface area (Å²) in [6.07, 6.45) is 15.5. The summed E-state index contributed by atoms with van der Waals surface area (Å²) in [6.45, 7) is 4.51. The number of hydrogen-bond acceptors (Lipinski definition) is 0. The Bertz CT molecular complexity index is 92.2. The predicted octanol–water partition coefficient (Wildman–Crippen LogP) is 4.70. The molecule has 0 N–H and O–H groups in total. The number of rotatable bonds is 8. The molecule has 0 atom stereocenters. The Hall–Kier alpha value is -0.260. The average Bonchev–Trinajstić information content (AvgIpc) is 2.10. The second-order valence-corrected chi connectivity index (χ2v) is 3.46. The first-order chi connectivity index (χ1) is 5.91. The summed E-state index contributed by atoms with van der Waals surface area (Å²) < 4.78 is 0. The van der Waals surface area contributed by atoms with Gasteiger partial charge in [0.15, 0.2) is 0 Å². The SMILES string of the molecule is CCCCC=CCCCCCC. The van der Waals surface area contributed by atoms with Crippen molar-refractivity contribution in [3.05, 3.63) is 12.2 Å². The molecule has 0 heteroatoms. The molecule has 0 aromatic rings. The van der Waals surface area contributed by atoms with Crippen molar-refractivity contribution in [2.24, 2.45) is 0 Å². The van der Waals surface area contributed by atoms with Gasteiger partial charge in [-0.2, -0.15) is 0 Å². The summed E-state index contributed by atoms with van der Waals surface area (Å²) in [7, 11) is 0. The number of unbranched alkanes of at least 4 members (excludes halogenated alkanes) is 6. The van der Waals surface area contributed by atoms with E-state index in [9.17, 15) is 0 Å². The van der Waals surface area contributed by atoms with E-state index in [4.69, 9.17) is 0 Å². The summed E-state index contributed by atoms with van der Waals surface area (Å²) in [5, 5.41) is 0. The molecule has 0 rings (SSSR count). The van der Waals surface area contributed by atoms with Crippen molar-refractivity contribution in [2.45, 2.75) is 65.2 Å². The molecule has 0 aliphatic rings. The van der Waals surface area contributed by atoms with Crippen LogP contribution in [0.5, 0.6) is 0 Å². The van der Waals surface area contributed by atoms with Gasteiger partial charge in [0.05, 0.1) is 0 Å². The van der Waals surface area contributed by atoms with Crippen LogP contribution >= 0.6 is 0 Å². The standard InChI is InChI=1S/C12H24/c1-3-5-7-9-11-12-10-8-6-4-2/h9,11H,3-8,10,12H2,1-2H3. The summed E-state index contributed by atoms with van der Waals surface area (Å²) in [5.41, 5.74) is 0. The van der Waals surface area contributed by atoms with Crippen LogP contribution in [0.15, 0.2) is 12.2 Å². The molecule has 0 unspecified atom stereocenters. The lowest BCUT2D eigenvalue weighted by Gasteiger charge is -1.94. The molecule has 0 saturated carbocycles. The zero-order valence-corrected chi connectivity index (χ0v) is 8.81. The summed E-state index contributed by atoms with van der Waals surface area (Å²) in [5.74, 6) is 0. The van der Waals surface area contributed by atoms with E-state index in [1.165, 1.54) is 51.4 Å². The van der Waals surface area contributed by atoms with Crippen LogP contribution in [-0.4, -0.2) is 0 Å². The second-order valence-electron chi connectivity index (χ2n) is 3.46. The minimum absolute atomic E-state index is 1.28. The highest BCUT2D eigenvalue weighted by atomic mass is 13.9. The maximum absolute atomic E-state index is 2.35. The molecular weight excluding hydrogens is 144 g/mol. The van der Waals surface area contributed by atoms with E-state index in [2.05, 4.69) is 26.0 Å². The van der Waals surface area contributed by atoms with Gasteiger partial charge < -0.3 is 0 Å². The number of allylic oxidation sites excluding steroid dienone is 2. The van der Waals surface area contributed by atoms with Gasteiger partial charge in [-0.1, -0.05) is 58.1 Å². The predicted molar refractivity (Wildman–Crippen MR) is 57.4 cm³/mol. The third-order valence-electron chi connectivity index (χ3n) is 2.12. The first-order valence-corrected chi connectivity index (χ1v) is 5.56. The molecule has 0 amide bonds. The largest absolute Gasteiger partial charge is 0.0885 e. The molecule has 0 aliphatic carbocycles. The summed E-state index contributed by atoms with van der Waals surface area (Å²) in [6, 6.07) is 0. The Morgan fingerprint density at radius 2 is 1.25 bits per heavy atom. The van der Waals surface area contributed by atoms with Crippen molar-refractivity contribution in [3.8, 4) is 0 Å². The molecule has 0 aromatic heterocycles. The molecule has 12 heavy (non-hydrogen) atoms. The van der Waals surface area contributed by atoms with Crippen LogP contribution in [0.1, 0.15) is 65.2 Å². The molecule has 0 heterocycles. The lowest BCUT2D eigenvalue weighted by Crippen LogP contribution is -1.74. The summed E-state index contributed by atoms with van der Waals surface area (Å²) >= 11 is 0. The second kappa shape index (κ2) is 10.7. The van der Waals surface area contributed by atoms with Crippen molar-refractivity contribution in [3.63, 3.8) is 0 Å². The Labute approximate surface area is 78.1 Å². The van der Waals surface area contributed by atoms with Gasteiger partial charge in [0, 0.05) is 0 Å². The zero-order valence-electron chi connectivity index (χ0n) is 8.81. The van der Waals surface area contributed by atoms with Crippen LogP contribution in [0, 0.1) is 0 Å². The van der Waals surface area contributed by atoms with E-state index in [1.54, 1.807) is 0 Å². The van der Waals surface area contributed by atoms with Crippen LogP contribution in [0.25, 0.3) is 0 Å². The molecule has 0 nitrogen and oxygen atoms in total. The first kappa shape index (κ1) is 11.7. The lowest BCUT2D eigenvalue weighted by molar-refractivity contribution is 0.673. The van der Waals surface area contributed by atoms with Gasteiger partial charge >= 0.3 is 0 Å². The molecule has 0 radical (unpaired) electrons. The molecule has 72 valence electrons. The highest BCUT2D eigenvalue weighted by molar-refractivity contribution is 4.80. The van der Waals surface area contributed by atoms with Gasteiger partial charge in [-0.25, -0.2) is 0 Å².